The molecule has 25 heavy (non-hydrogen) atoms. The molecule has 0 aliphatic heterocycles. The Labute approximate surface area is 150 Å². The van der Waals surface area contributed by atoms with Crippen LogP contribution in [-0.2, 0) is 11.2 Å². The Bertz CT molecular complexity index is 693. The fourth-order valence-electron chi connectivity index (χ4n) is 2.41. The number of hydrogen-bond acceptors (Lipinski definition) is 3. The van der Waals surface area contributed by atoms with Crippen LogP contribution in [-0.4, -0.2) is 25.2 Å². The third-order valence-corrected chi connectivity index (χ3v) is 3.73. The van der Waals surface area contributed by atoms with Gasteiger partial charge < -0.3 is 14.8 Å². The van der Waals surface area contributed by atoms with Crippen LogP contribution in [0.15, 0.2) is 42.5 Å². The van der Waals surface area contributed by atoms with Crippen molar-refractivity contribution in [3.63, 3.8) is 0 Å². The van der Waals surface area contributed by atoms with E-state index in [9.17, 15) is 4.79 Å². The number of rotatable bonds is 8. The highest BCUT2D eigenvalue weighted by atomic mass is 16.5. The summed E-state index contributed by atoms with van der Waals surface area (Å²) < 4.78 is 11.2. The van der Waals surface area contributed by atoms with E-state index in [1.807, 2.05) is 70.2 Å². The van der Waals surface area contributed by atoms with Crippen molar-refractivity contribution < 1.29 is 14.3 Å². The largest absolute Gasteiger partial charge is 0.491 e. The lowest BCUT2D eigenvalue weighted by Gasteiger charge is -2.11. The maximum Gasteiger partial charge on any atom is 0.257 e. The van der Waals surface area contributed by atoms with Crippen LogP contribution < -0.4 is 14.8 Å². The Kier molecular flexibility index (Phi) is 6.87. The molecule has 0 aliphatic carbocycles. The van der Waals surface area contributed by atoms with Crippen molar-refractivity contribution in [2.24, 2.45) is 0 Å². The van der Waals surface area contributed by atoms with Gasteiger partial charge in [-0.05, 0) is 69.0 Å². The Morgan fingerprint density at radius 1 is 1.08 bits per heavy atom. The van der Waals surface area contributed by atoms with Gasteiger partial charge in [0.1, 0.15) is 11.5 Å². The quantitative estimate of drug-likeness (QED) is 0.794. The third kappa shape index (κ3) is 6.49. The van der Waals surface area contributed by atoms with E-state index in [2.05, 4.69) is 5.32 Å². The smallest absolute Gasteiger partial charge is 0.257 e. The van der Waals surface area contributed by atoms with Gasteiger partial charge in [-0.25, -0.2) is 0 Å². The first kappa shape index (κ1) is 18.8. The van der Waals surface area contributed by atoms with Crippen molar-refractivity contribution in [1.82, 2.24) is 5.32 Å². The van der Waals surface area contributed by atoms with Crippen LogP contribution in [0.1, 0.15) is 30.5 Å². The molecule has 0 bridgehead atoms. The average Bonchev–Trinajstić information content (AvgIpc) is 2.57. The Morgan fingerprint density at radius 2 is 1.80 bits per heavy atom. The van der Waals surface area contributed by atoms with Crippen LogP contribution in [0, 0.1) is 13.8 Å². The van der Waals surface area contributed by atoms with Gasteiger partial charge in [-0.2, -0.15) is 0 Å². The molecule has 1 amide bonds. The highest BCUT2D eigenvalue weighted by Gasteiger charge is 2.05. The Morgan fingerprint density at radius 3 is 2.48 bits per heavy atom. The average molecular weight is 341 g/mol. The van der Waals surface area contributed by atoms with E-state index in [4.69, 9.17) is 9.47 Å². The van der Waals surface area contributed by atoms with Gasteiger partial charge in [-0.1, -0.05) is 24.3 Å². The molecule has 0 radical (unpaired) electrons. The molecule has 0 aromatic heterocycles. The Balaban J connectivity index is 1.72. The molecule has 0 aliphatic rings. The topological polar surface area (TPSA) is 47.6 Å². The molecule has 0 saturated heterocycles. The summed E-state index contributed by atoms with van der Waals surface area (Å²) >= 11 is 0. The molecular formula is C21H27NO3. The van der Waals surface area contributed by atoms with E-state index in [1.54, 1.807) is 0 Å². The van der Waals surface area contributed by atoms with Crippen LogP contribution in [0.2, 0.25) is 0 Å². The molecule has 2 aromatic rings. The molecule has 0 unspecified atom stereocenters. The van der Waals surface area contributed by atoms with Gasteiger partial charge in [0.25, 0.3) is 5.91 Å². The fourth-order valence-corrected chi connectivity index (χ4v) is 2.41. The van der Waals surface area contributed by atoms with Gasteiger partial charge in [-0.15, -0.1) is 0 Å². The van der Waals surface area contributed by atoms with Crippen LogP contribution in [0.4, 0.5) is 0 Å². The molecule has 0 saturated carbocycles. The minimum absolute atomic E-state index is 0.0332. The van der Waals surface area contributed by atoms with Crippen LogP contribution >= 0.6 is 0 Å². The molecule has 4 heteroatoms. The molecule has 0 heterocycles. The predicted octanol–water partition coefficient (Wildman–Crippen LogP) is 3.83. The lowest BCUT2D eigenvalue weighted by molar-refractivity contribution is -0.123. The van der Waals surface area contributed by atoms with Crippen molar-refractivity contribution in [3.05, 3.63) is 59.2 Å². The molecule has 134 valence electrons. The summed E-state index contributed by atoms with van der Waals surface area (Å²) in [6.07, 6.45) is 0.944. The summed E-state index contributed by atoms with van der Waals surface area (Å²) in [5, 5.41) is 2.89. The van der Waals surface area contributed by atoms with Gasteiger partial charge in [0.05, 0.1) is 6.10 Å². The van der Waals surface area contributed by atoms with Gasteiger partial charge >= 0.3 is 0 Å². The molecule has 4 nitrogen and oxygen atoms in total. The van der Waals surface area contributed by atoms with Crippen molar-refractivity contribution in [3.8, 4) is 11.5 Å². The van der Waals surface area contributed by atoms with E-state index in [0.717, 1.165) is 34.6 Å². The highest BCUT2D eigenvalue weighted by Crippen LogP contribution is 2.18. The summed E-state index contributed by atoms with van der Waals surface area (Å²) in [7, 11) is 0. The first-order valence-electron chi connectivity index (χ1n) is 8.66. The first-order valence-corrected chi connectivity index (χ1v) is 8.66. The minimum Gasteiger partial charge on any atom is -0.491 e. The molecule has 0 fully saturated rings. The summed E-state index contributed by atoms with van der Waals surface area (Å²) in [6.45, 7) is 8.60. The summed E-state index contributed by atoms with van der Waals surface area (Å²) in [4.78, 5) is 11.9. The maximum absolute atomic E-state index is 11.9. The minimum atomic E-state index is -0.110. The van der Waals surface area contributed by atoms with E-state index in [1.165, 1.54) is 0 Å². The number of ether oxygens (including phenoxy) is 2. The van der Waals surface area contributed by atoms with Crippen molar-refractivity contribution in [1.29, 1.82) is 0 Å². The van der Waals surface area contributed by atoms with E-state index >= 15 is 0 Å². The SMILES string of the molecule is Cc1ccc(C)c(OCC(=O)NCCc2ccc(OC(C)C)cc2)c1. The number of carbonyl (C=O) groups excluding carboxylic acids is 1. The first-order chi connectivity index (χ1) is 11.9. The second kappa shape index (κ2) is 9.11. The van der Waals surface area contributed by atoms with Crippen LogP contribution in [0.3, 0.4) is 0 Å². The molecular weight excluding hydrogens is 314 g/mol. The standard InChI is InChI=1S/C21H27NO3/c1-15(2)25-19-9-7-18(8-10-19)11-12-22-21(23)14-24-20-13-16(3)5-6-17(20)4/h5-10,13,15H,11-12,14H2,1-4H3,(H,22,23). The predicted molar refractivity (Wildman–Crippen MR) is 100 cm³/mol. The monoisotopic (exact) mass is 341 g/mol. The summed E-state index contributed by atoms with van der Waals surface area (Å²) in [5.41, 5.74) is 3.31. The number of amides is 1. The molecule has 1 N–H and O–H groups in total. The van der Waals surface area contributed by atoms with E-state index in [-0.39, 0.29) is 18.6 Å². The number of nitrogens with one attached hydrogen (secondary N) is 1. The Hall–Kier alpha value is -2.49. The zero-order chi connectivity index (χ0) is 18.2. The van der Waals surface area contributed by atoms with Gasteiger partial charge in [0, 0.05) is 6.54 Å². The summed E-state index contributed by atoms with van der Waals surface area (Å²) in [5.74, 6) is 1.52. The number of aryl methyl sites for hydroxylation is 2. The van der Waals surface area contributed by atoms with Gasteiger partial charge in [-0.3, -0.25) is 4.79 Å². The second-order valence-corrected chi connectivity index (χ2v) is 6.47. The number of carbonyl (C=O) groups is 1. The molecule has 2 rings (SSSR count). The summed E-state index contributed by atoms with van der Waals surface area (Å²) in [6, 6.07) is 13.9. The fraction of sp³-hybridized carbons (Fsp3) is 0.381. The molecule has 0 spiro atoms. The van der Waals surface area contributed by atoms with Crippen molar-refractivity contribution in [2.75, 3.05) is 13.2 Å². The maximum atomic E-state index is 11.9. The van der Waals surface area contributed by atoms with E-state index < -0.39 is 0 Å². The highest BCUT2D eigenvalue weighted by molar-refractivity contribution is 5.77. The van der Waals surface area contributed by atoms with Gasteiger partial charge in [0.15, 0.2) is 6.61 Å². The second-order valence-electron chi connectivity index (χ2n) is 6.47. The number of benzene rings is 2. The van der Waals surface area contributed by atoms with E-state index in [0.29, 0.717) is 6.54 Å². The lowest BCUT2D eigenvalue weighted by Crippen LogP contribution is -2.30. The zero-order valence-corrected chi connectivity index (χ0v) is 15.5. The zero-order valence-electron chi connectivity index (χ0n) is 15.5. The number of hydrogen-bond donors (Lipinski definition) is 1. The van der Waals surface area contributed by atoms with Gasteiger partial charge in [0.2, 0.25) is 0 Å². The van der Waals surface area contributed by atoms with Crippen molar-refractivity contribution in [2.45, 2.75) is 40.2 Å². The van der Waals surface area contributed by atoms with Crippen molar-refractivity contribution >= 4 is 5.91 Å². The third-order valence-electron chi connectivity index (χ3n) is 3.73. The normalized spacial score (nSPS) is 10.6. The van der Waals surface area contributed by atoms with Crippen LogP contribution in [0.5, 0.6) is 11.5 Å². The molecule has 0 atom stereocenters. The lowest BCUT2D eigenvalue weighted by atomic mass is 10.1. The molecule has 2 aromatic carbocycles. The van der Waals surface area contributed by atoms with Crippen LogP contribution in [0.25, 0.3) is 0 Å².